The van der Waals surface area contributed by atoms with Crippen LogP contribution in [0.1, 0.15) is 27.0 Å². The van der Waals surface area contributed by atoms with Gasteiger partial charge in [0.1, 0.15) is 5.52 Å². The molecule has 4 nitrogen and oxygen atoms in total. The fourth-order valence-electron chi connectivity index (χ4n) is 3.04. The predicted molar refractivity (Wildman–Crippen MR) is 117 cm³/mol. The van der Waals surface area contributed by atoms with Gasteiger partial charge in [0, 0.05) is 17.9 Å². The second-order valence-corrected chi connectivity index (χ2v) is 7.85. The van der Waals surface area contributed by atoms with E-state index in [2.05, 4.69) is 22.4 Å². The highest BCUT2D eigenvalue weighted by Gasteiger charge is 2.08. The Morgan fingerprint density at radius 3 is 2.59 bits per heavy atom. The standard InChI is InChI=1S/C24H22N2O2S/c1-17-7-12-22-21(15-17)26-24(28-22)29-16-19-8-10-20(11-9-19)23(27)25-14-13-18-5-3-2-4-6-18/h2-12,15H,13-14,16H2,1H3,(H,25,27). The highest BCUT2D eigenvalue weighted by Crippen LogP contribution is 2.26. The molecule has 1 heterocycles. The largest absolute Gasteiger partial charge is 0.431 e. The second kappa shape index (κ2) is 8.97. The van der Waals surface area contributed by atoms with Crippen molar-refractivity contribution in [3.8, 4) is 0 Å². The molecule has 29 heavy (non-hydrogen) atoms. The van der Waals surface area contributed by atoms with Gasteiger partial charge < -0.3 is 9.73 Å². The van der Waals surface area contributed by atoms with Crippen LogP contribution in [0.15, 0.2) is 82.4 Å². The van der Waals surface area contributed by atoms with Crippen LogP contribution in [0.5, 0.6) is 0 Å². The summed E-state index contributed by atoms with van der Waals surface area (Å²) >= 11 is 1.55. The van der Waals surface area contributed by atoms with Crippen LogP contribution in [-0.4, -0.2) is 17.4 Å². The van der Waals surface area contributed by atoms with Crippen molar-refractivity contribution in [2.24, 2.45) is 0 Å². The van der Waals surface area contributed by atoms with Crippen molar-refractivity contribution in [1.82, 2.24) is 10.3 Å². The molecule has 1 amide bonds. The van der Waals surface area contributed by atoms with E-state index in [9.17, 15) is 4.79 Å². The number of oxazole rings is 1. The Bertz CT molecular complexity index is 1100. The first-order valence-electron chi connectivity index (χ1n) is 9.58. The van der Waals surface area contributed by atoms with Gasteiger partial charge in [0.25, 0.3) is 11.1 Å². The Morgan fingerprint density at radius 2 is 1.79 bits per heavy atom. The Morgan fingerprint density at radius 1 is 1.00 bits per heavy atom. The van der Waals surface area contributed by atoms with E-state index < -0.39 is 0 Å². The van der Waals surface area contributed by atoms with Crippen LogP contribution in [0.4, 0.5) is 0 Å². The molecular weight excluding hydrogens is 380 g/mol. The molecule has 0 aliphatic carbocycles. The van der Waals surface area contributed by atoms with Crippen molar-refractivity contribution in [1.29, 1.82) is 0 Å². The molecule has 0 bridgehead atoms. The highest BCUT2D eigenvalue weighted by molar-refractivity contribution is 7.98. The minimum absolute atomic E-state index is 0.0468. The summed E-state index contributed by atoms with van der Waals surface area (Å²) in [4.78, 5) is 16.8. The number of thioether (sulfide) groups is 1. The van der Waals surface area contributed by atoms with E-state index in [1.807, 2.05) is 67.6 Å². The first-order chi connectivity index (χ1) is 14.2. The molecule has 0 fully saturated rings. The minimum atomic E-state index is -0.0468. The van der Waals surface area contributed by atoms with E-state index >= 15 is 0 Å². The summed E-state index contributed by atoms with van der Waals surface area (Å²) in [5.41, 5.74) is 5.86. The first-order valence-corrected chi connectivity index (χ1v) is 10.6. The molecule has 0 saturated carbocycles. The molecule has 0 aliphatic rings. The Kier molecular flexibility index (Phi) is 5.96. The molecule has 0 spiro atoms. The number of hydrogen-bond donors (Lipinski definition) is 1. The molecule has 1 N–H and O–H groups in total. The molecule has 0 unspecified atom stereocenters. The molecular formula is C24H22N2O2S. The van der Waals surface area contributed by atoms with E-state index in [1.54, 1.807) is 11.8 Å². The highest BCUT2D eigenvalue weighted by atomic mass is 32.2. The van der Waals surface area contributed by atoms with Gasteiger partial charge in [0.05, 0.1) is 0 Å². The van der Waals surface area contributed by atoms with Crippen LogP contribution >= 0.6 is 11.8 Å². The van der Waals surface area contributed by atoms with Gasteiger partial charge in [-0.25, -0.2) is 4.98 Å². The predicted octanol–water partition coefficient (Wildman–Crippen LogP) is 5.40. The SMILES string of the molecule is Cc1ccc2oc(SCc3ccc(C(=O)NCCc4ccccc4)cc3)nc2c1. The summed E-state index contributed by atoms with van der Waals surface area (Å²) in [6, 6.07) is 23.8. The Balaban J connectivity index is 1.29. The van der Waals surface area contributed by atoms with Crippen molar-refractivity contribution in [2.75, 3.05) is 6.54 Å². The molecule has 0 atom stereocenters. The summed E-state index contributed by atoms with van der Waals surface area (Å²) in [6.07, 6.45) is 0.825. The average molecular weight is 403 g/mol. The van der Waals surface area contributed by atoms with Crippen LogP contribution in [-0.2, 0) is 12.2 Å². The van der Waals surface area contributed by atoms with Crippen LogP contribution in [0, 0.1) is 6.92 Å². The third kappa shape index (κ3) is 5.06. The minimum Gasteiger partial charge on any atom is -0.431 e. The van der Waals surface area contributed by atoms with Gasteiger partial charge in [-0.3, -0.25) is 4.79 Å². The zero-order chi connectivity index (χ0) is 20.1. The van der Waals surface area contributed by atoms with Gasteiger partial charge in [-0.15, -0.1) is 0 Å². The fraction of sp³-hybridized carbons (Fsp3) is 0.167. The van der Waals surface area contributed by atoms with Gasteiger partial charge >= 0.3 is 0 Å². The number of hydrogen-bond acceptors (Lipinski definition) is 4. The third-order valence-corrected chi connectivity index (χ3v) is 5.54. The lowest BCUT2D eigenvalue weighted by molar-refractivity contribution is 0.0954. The van der Waals surface area contributed by atoms with Gasteiger partial charge in [0.2, 0.25) is 0 Å². The van der Waals surface area contributed by atoms with Gasteiger partial charge in [-0.05, 0) is 54.3 Å². The smallest absolute Gasteiger partial charge is 0.257 e. The van der Waals surface area contributed by atoms with Crippen molar-refractivity contribution in [3.63, 3.8) is 0 Å². The summed E-state index contributed by atoms with van der Waals surface area (Å²) in [6.45, 7) is 2.66. The summed E-state index contributed by atoms with van der Waals surface area (Å²) in [7, 11) is 0. The van der Waals surface area contributed by atoms with E-state index in [4.69, 9.17) is 4.42 Å². The number of aryl methyl sites for hydroxylation is 1. The maximum atomic E-state index is 12.3. The number of benzene rings is 3. The van der Waals surface area contributed by atoms with Crippen LogP contribution in [0.25, 0.3) is 11.1 Å². The molecule has 0 radical (unpaired) electrons. The van der Waals surface area contributed by atoms with E-state index in [1.165, 1.54) is 11.1 Å². The molecule has 4 aromatic rings. The molecule has 0 aliphatic heterocycles. The molecule has 146 valence electrons. The molecule has 5 heteroatoms. The number of rotatable bonds is 7. The topological polar surface area (TPSA) is 55.1 Å². The van der Waals surface area contributed by atoms with Crippen molar-refractivity contribution >= 4 is 28.8 Å². The third-order valence-electron chi connectivity index (χ3n) is 4.64. The van der Waals surface area contributed by atoms with E-state index in [-0.39, 0.29) is 5.91 Å². The number of fused-ring (bicyclic) bond motifs is 1. The Labute approximate surface area is 174 Å². The molecule has 1 aromatic heterocycles. The normalized spacial score (nSPS) is 10.9. The zero-order valence-electron chi connectivity index (χ0n) is 16.2. The van der Waals surface area contributed by atoms with Gasteiger partial charge in [-0.1, -0.05) is 60.3 Å². The maximum Gasteiger partial charge on any atom is 0.257 e. The van der Waals surface area contributed by atoms with Crippen molar-refractivity contribution < 1.29 is 9.21 Å². The molecule has 4 rings (SSSR count). The van der Waals surface area contributed by atoms with Crippen LogP contribution < -0.4 is 5.32 Å². The number of amides is 1. The number of nitrogens with one attached hydrogen (secondary N) is 1. The summed E-state index contributed by atoms with van der Waals surface area (Å²) in [5, 5.41) is 3.64. The monoisotopic (exact) mass is 402 g/mol. The molecule has 0 saturated heterocycles. The lowest BCUT2D eigenvalue weighted by atomic mass is 10.1. The quantitative estimate of drug-likeness (QED) is 0.421. The van der Waals surface area contributed by atoms with Crippen molar-refractivity contribution in [3.05, 3.63) is 95.1 Å². The van der Waals surface area contributed by atoms with E-state index in [0.29, 0.717) is 17.3 Å². The zero-order valence-corrected chi connectivity index (χ0v) is 17.0. The van der Waals surface area contributed by atoms with Crippen LogP contribution in [0.3, 0.4) is 0 Å². The summed E-state index contributed by atoms with van der Waals surface area (Å²) in [5.74, 6) is 0.691. The number of carbonyl (C=O) groups is 1. The Hall–Kier alpha value is -3.05. The van der Waals surface area contributed by atoms with Crippen molar-refractivity contribution in [2.45, 2.75) is 24.3 Å². The average Bonchev–Trinajstić information content (AvgIpc) is 3.15. The second-order valence-electron chi connectivity index (χ2n) is 6.93. The lowest BCUT2D eigenvalue weighted by Crippen LogP contribution is -2.25. The molecule has 3 aromatic carbocycles. The summed E-state index contributed by atoms with van der Waals surface area (Å²) < 4.78 is 5.78. The fourth-order valence-corrected chi connectivity index (χ4v) is 3.84. The first kappa shape index (κ1) is 19.3. The van der Waals surface area contributed by atoms with Gasteiger partial charge in [-0.2, -0.15) is 0 Å². The number of aromatic nitrogens is 1. The lowest BCUT2D eigenvalue weighted by Gasteiger charge is -2.06. The number of carbonyl (C=O) groups excluding carboxylic acids is 1. The van der Waals surface area contributed by atoms with E-state index in [0.717, 1.165) is 28.8 Å². The van der Waals surface area contributed by atoms with Gasteiger partial charge in [0.15, 0.2) is 5.58 Å². The maximum absolute atomic E-state index is 12.3. The number of nitrogens with zero attached hydrogens (tertiary/aromatic N) is 1. The van der Waals surface area contributed by atoms with Crippen LogP contribution in [0.2, 0.25) is 0 Å².